The predicted octanol–water partition coefficient (Wildman–Crippen LogP) is 1.96. The van der Waals surface area contributed by atoms with Crippen molar-refractivity contribution < 1.29 is 9.32 Å². The van der Waals surface area contributed by atoms with Crippen molar-refractivity contribution in [1.29, 1.82) is 0 Å². The summed E-state index contributed by atoms with van der Waals surface area (Å²) >= 11 is 0. The molecule has 0 fully saturated rings. The van der Waals surface area contributed by atoms with Gasteiger partial charge in [-0.15, -0.1) is 0 Å². The first-order chi connectivity index (χ1) is 12.3. The molecule has 1 N–H and O–H groups in total. The minimum atomic E-state index is -0.419. The Kier molecular flexibility index (Phi) is 3.71. The van der Waals surface area contributed by atoms with Crippen LogP contribution >= 0.6 is 0 Å². The van der Waals surface area contributed by atoms with E-state index >= 15 is 0 Å². The number of hydrogen-bond donors (Lipinski definition) is 1. The fraction of sp³-hybridized carbons (Fsp3) is 0. The topological polar surface area (TPSA) is 112 Å². The Balaban J connectivity index is 1.48. The first-order valence-electron chi connectivity index (χ1n) is 7.28. The van der Waals surface area contributed by atoms with E-state index in [0.29, 0.717) is 17.4 Å². The fourth-order valence-electron chi connectivity index (χ4n) is 2.12. The molecule has 1 amide bonds. The van der Waals surface area contributed by atoms with Crippen molar-refractivity contribution in [2.45, 2.75) is 0 Å². The molecule has 0 atom stereocenters. The molecule has 0 bridgehead atoms. The van der Waals surface area contributed by atoms with Gasteiger partial charge in [0.1, 0.15) is 6.33 Å². The Morgan fingerprint density at radius 1 is 1.12 bits per heavy atom. The summed E-state index contributed by atoms with van der Waals surface area (Å²) in [5.41, 5.74) is 1.33. The van der Waals surface area contributed by atoms with E-state index in [-0.39, 0.29) is 5.69 Å². The van der Waals surface area contributed by atoms with E-state index in [0.717, 1.165) is 5.56 Å². The van der Waals surface area contributed by atoms with Gasteiger partial charge >= 0.3 is 0 Å². The molecule has 0 radical (unpaired) electrons. The summed E-state index contributed by atoms with van der Waals surface area (Å²) < 4.78 is 6.84. The highest BCUT2D eigenvalue weighted by atomic mass is 16.5. The van der Waals surface area contributed by atoms with Gasteiger partial charge in [0.2, 0.25) is 5.95 Å². The van der Waals surface area contributed by atoms with Crippen LogP contribution in [-0.2, 0) is 0 Å². The van der Waals surface area contributed by atoms with Crippen molar-refractivity contribution >= 4 is 11.6 Å². The van der Waals surface area contributed by atoms with E-state index < -0.39 is 5.91 Å². The van der Waals surface area contributed by atoms with Crippen LogP contribution in [-0.4, -0.2) is 35.6 Å². The molecular formula is C16H11N7O2. The molecule has 0 aromatic carbocycles. The lowest BCUT2D eigenvalue weighted by molar-refractivity contribution is 0.101. The molecule has 0 unspecified atom stereocenters. The lowest BCUT2D eigenvalue weighted by Gasteiger charge is -2.03. The molecule has 4 heterocycles. The third-order valence-corrected chi connectivity index (χ3v) is 3.32. The number of nitrogens with one attached hydrogen (secondary N) is 1. The quantitative estimate of drug-likeness (QED) is 0.607. The van der Waals surface area contributed by atoms with Gasteiger partial charge < -0.3 is 9.84 Å². The largest absolute Gasteiger partial charge is 0.355 e. The summed E-state index contributed by atoms with van der Waals surface area (Å²) in [5.74, 6) is 0.499. The molecule has 4 rings (SSSR count). The van der Waals surface area contributed by atoms with Crippen LogP contribution in [0.4, 0.5) is 5.69 Å². The van der Waals surface area contributed by atoms with Crippen molar-refractivity contribution in [2.24, 2.45) is 0 Å². The molecule has 0 aliphatic rings. The maximum absolute atomic E-state index is 12.3. The predicted molar refractivity (Wildman–Crippen MR) is 86.8 cm³/mol. The normalized spacial score (nSPS) is 10.6. The van der Waals surface area contributed by atoms with E-state index in [2.05, 4.69) is 30.4 Å². The van der Waals surface area contributed by atoms with Gasteiger partial charge in [-0.25, -0.2) is 15.0 Å². The summed E-state index contributed by atoms with van der Waals surface area (Å²) in [6.07, 6.45) is 11.2. The molecule has 0 spiro atoms. The van der Waals surface area contributed by atoms with E-state index in [1.807, 2.05) is 6.07 Å². The Hall–Kier alpha value is -3.88. The zero-order chi connectivity index (χ0) is 17.1. The number of rotatable bonds is 4. The Bertz CT molecular complexity index is 979. The molecule has 4 aromatic heterocycles. The van der Waals surface area contributed by atoms with Gasteiger partial charge in [0.05, 0.1) is 18.1 Å². The average Bonchev–Trinajstić information content (AvgIpc) is 3.35. The molecule has 0 saturated carbocycles. The maximum atomic E-state index is 12.3. The zero-order valence-electron chi connectivity index (χ0n) is 12.8. The smallest absolute Gasteiger partial charge is 0.277 e. The third kappa shape index (κ3) is 3.11. The lowest BCUT2D eigenvalue weighted by atomic mass is 10.2. The number of anilines is 1. The molecule has 25 heavy (non-hydrogen) atoms. The molecule has 0 saturated heterocycles. The minimum Gasteiger partial charge on any atom is -0.355 e. The van der Waals surface area contributed by atoms with Crippen LogP contribution in [0.25, 0.3) is 17.3 Å². The Morgan fingerprint density at radius 2 is 2.00 bits per heavy atom. The van der Waals surface area contributed by atoms with Crippen molar-refractivity contribution in [1.82, 2.24) is 29.7 Å². The van der Waals surface area contributed by atoms with Gasteiger partial charge in [0.25, 0.3) is 5.91 Å². The number of carbonyl (C=O) groups excluding carboxylic acids is 1. The highest BCUT2D eigenvalue weighted by Crippen LogP contribution is 2.19. The van der Waals surface area contributed by atoms with Gasteiger partial charge in [-0.3, -0.25) is 14.3 Å². The number of aromatic nitrogens is 6. The van der Waals surface area contributed by atoms with Crippen LogP contribution in [0.2, 0.25) is 0 Å². The standard InChI is InChI=1S/C16H11N7O2/c24-15(13-6-14(25-22-13)11-2-1-3-17-7-11)21-12-8-19-16(20-9-12)23-5-4-18-10-23/h1-10H,(H,21,24). The summed E-state index contributed by atoms with van der Waals surface area (Å²) in [5, 5.41) is 6.45. The second kappa shape index (κ2) is 6.32. The van der Waals surface area contributed by atoms with Crippen LogP contribution in [0.5, 0.6) is 0 Å². The summed E-state index contributed by atoms with van der Waals surface area (Å²) in [4.78, 5) is 28.5. The number of imidazole rings is 1. The first kappa shape index (κ1) is 14.7. The highest BCUT2D eigenvalue weighted by Gasteiger charge is 2.14. The van der Waals surface area contributed by atoms with Crippen molar-refractivity contribution in [3.63, 3.8) is 0 Å². The minimum absolute atomic E-state index is 0.150. The fourth-order valence-corrected chi connectivity index (χ4v) is 2.12. The molecule has 4 aromatic rings. The SMILES string of the molecule is O=C(Nc1cnc(-n2ccnc2)nc1)c1cc(-c2cccnc2)on1. The highest BCUT2D eigenvalue weighted by molar-refractivity contribution is 6.03. The summed E-state index contributed by atoms with van der Waals surface area (Å²) in [7, 11) is 0. The number of nitrogens with zero attached hydrogens (tertiary/aromatic N) is 6. The number of amides is 1. The summed E-state index contributed by atoms with van der Waals surface area (Å²) in [6.45, 7) is 0. The molecule has 122 valence electrons. The molecule has 0 aliphatic heterocycles. The maximum Gasteiger partial charge on any atom is 0.277 e. The second-order valence-corrected chi connectivity index (χ2v) is 5.01. The number of carbonyl (C=O) groups is 1. The van der Waals surface area contributed by atoms with Crippen molar-refractivity contribution in [3.05, 3.63) is 67.4 Å². The molecule has 9 nitrogen and oxygen atoms in total. The van der Waals surface area contributed by atoms with Crippen LogP contribution < -0.4 is 5.32 Å². The van der Waals surface area contributed by atoms with Gasteiger partial charge in [-0.05, 0) is 12.1 Å². The van der Waals surface area contributed by atoms with Gasteiger partial charge in [0, 0.05) is 36.4 Å². The number of pyridine rings is 1. The zero-order valence-corrected chi connectivity index (χ0v) is 12.8. The lowest BCUT2D eigenvalue weighted by Crippen LogP contribution is -2.13. The van der Waals surface area contributed by atoms with E-state index in [4.69, 9.17) is 4.52 Å². The van der Waals surface area contributed by atoms with Crippen molar-refractivity contribution in [2.75, 3.05) is 5.32 Å². The average molecular weight is 333 g/mol. The Labute approximate surface area is 141 Å². The van der Waals surface area contributed by atoms with Gasteiger partial charge in [-0.1, -0.05) is 5.16 Å². The third-order valence-electron chi connectivity index (χ3n) is 3.32. The second-order valence-electron chi connectivity index (χ2n) is 5.01. The van der Waals surface area contributed by atoms with Crippen LogP contribution in [0.15, 0.2) is 66.2 Å². The first-order valence-corrected chi connectivity index (χ1v) is 7.28. The van der Waals surface area contributed by atoms with Crippen LogP contribution in [0.3, 0.4) is 0 Å². The molecule has 0 aliphatic carbocycles. The van der Waals surface area contributed by atoms with Gasteiger partial charge in [0.15, 0.2) is 11.5 Å². The van der Waals surface area contributed by atoms with E-state index in [1.54, 1.807) is 47.8 Å². The van der Waals surface area contributed by atoms with E-state index in [9.17, 15) is 4.79 Å². The summed E-state index contributed by atoms with van der Waals surface area (Å²) in [6, 6.07) is 5.14. The number of hydrogen-bond acceptors (Lipinski definition) is 7. The van der Waals surface area contributed by atoms with Crippen LogP contribution in [0, 0.1) is 0 Å². The van der Waals surface area contributed by atoms with Crippen LogP contribution in [0.1, 0.15) is 10.5 Å². The Morgan fingerprint density at radius 3 is 2.72 bits per heavy atom. The van der Waals surface area contributed by atoms with Crippen molar-refractivity contribution in [3.8, 4) is 17.3 Å². The molecule has 9 heteroatoms. The monoisotopic (exact) mass is 333 g/mol. The van der Waals surface area contributed by atoms with Gasteiger partial charge in [-0.2, -0.15) is 0 Å². The molecular weight excluding hydrogens is 322 g/mol. The van der Waals surface area contributed by atoms with E-state index in [1.165, 1.54) is 12.4 Å².